The number of carbonyl (C=O) groups excluding carboxylic acids is 4. The summed E-state index contributed by atoms with van der Waals surface area (Å²) in [6.45, 7) is 9.73. The van der Waals surface area contributed by atoms with Crippen molar-refractivity contribution in [2.45, 2.75) is 53.4 Å². The molecule has 1 atom stereocenters. The van der Waals surface area contributed by atoms with Crippen molar-refractivity contribution in [2.24, 2.45) is 11.8 Å². The van der Waals surface area contributed by atoms with Crippen molar-refractivity contribution < 1.29 is 33.4 Å². The molecular weight excluding hydrogens is 765 g/mol. The highest BCUT2D eigenvalue weighted by molar-refractivity contribution is 6.07. The first kappa shape index (κ1) is 41.3. The zero-order valence-corrected chi connectivity index (χ0v) is 34.6. The molecule has 0 saturated carbocycles. The fraction of sp³-hybridized carbons (Fsp3) is 0.333. The SMILES string of the molecule is COC(=O)NCC(=O)N(Cc1nc2c(ccc3cc4c(cc32)OCc2cc(-c3cnc(CN(CC(C)C)C(=O)[C@H](NC(=O)OC)c5ccccc5)[nH]3)ccc2-4)[nH]1)CC(C)C. The smallest absolute Gasteiger partial charge is 0.407 e. The van der Waals surface area contributed by atoms with Gasteiger partial charge in [0.25, 0.3) is 0 Å². The number of carbonyl (C=O) groups is 4. The number of hydrogen-bond acceptors (Lipinski definition) is 9. The topological polar surface area (TPSA) is 184 Å². The number of aromatic amines is 2. The number of imidazole rings is 2. The first-order chi connectivity index (χ1) is 28.9. The Bertz CT molecular complexity index is 2530. The average molecular weight is 815 g/mol. The summed E-state index contributed by atoms with van der Waals surface area (Å²) in [5, 5.41) is 7.10. The van der Waals surface area contributed by atoms with Crippen molar-refractivity contribution in [3.05, 3.63) is 102 Å². The minimum Gasteiger partial charge on any atom is -0.488 e. The van der Waals surface area contributed by atoms with E-state index in [4.69, 9.17) is 14.5 Å². The van der Waals surface area contributed by atoms with E-state index in [0.717, 1.165) is 55.5 Å². The van der Waals surface area contributed by atoms with Crippen LogP contribution in [0.5, 0.6) is 5.75 Å². The molecule has 15 heteroatoms. The second kappa shape index (κ2) is 17.9. The third-order valence-corrected chi connectivity index (χ3v) is 10.2. The summed E-state index contributed by atoms with van der Waals surface area (Å²) < 4.78 is 15.8. The number of fused-ring (bicyclic) bond motifs is 6. The van der Waals surface area contributed by atoms with Crippen molar-refractivity contribution in [1.82, 2.24) is 40.4 Å². The summed E-state index contributed by atoms with van der Waals surface area (Å²) in [6.07, 6.45) is 0.412. The Balaban J connectivity index is 1.10. The Morgan fingerprint density at radius 3 is 2.28 bits per heavy atom. The van der Waals surface area contributed by atoms with Gasteiger partial charge < -0.3 is 44.6 Å². The van der Waals surface area contributed by atoms with Crippen LogP contribution in [0.25, 0.3) is 44.2 Å². The number of aromatic nitrogens is 4. The van der Waals surface area contributed by atoms with Gasteiger partial charge in [-0.05, 0) is 63.7 Å². The maximum Gasteiger partial charge on any atom is 0.407 e. The second-order valence-corrected chi connectivity index (χ2v) is 15.7. The summed E-state index contributed by atoms with van der Waals surface area (Å²) in [5.74, 6) is 1.85. The van der Waals surface area contributed by atoms with Gasteiger partial charge in [0.05, 0.1) is 50.2 Å². The van der Waals surface area contributed by atoms with E-state index in [2.05, 4.69) is 48.5 Å². The Kier molecular flexibility index (Phi) is 12.3. The van der Waals surface area contributed by atoms with Gasteiger partial charge in [-0.1, -0.05) is 76.2 Å². The third-order valence-electron chi connectivity index (χ3n) is 10.2. The molecule has 60 heavy (non-hydrogen) atoms. The van der Waals surface area contributed by atoms with Gasteiger partial charge in [-0.25, -0.2) is 19.6 Å². The van der Waals surface area contributed by atoms with Crippen molar-refractivity contribution in [1.29, 1.82) is 0 Å². The van der Waals surface area contributed by atoms with Crippen LogP contribution in [-0.4, -0.2) is 87.6 Å². The van der Waals surface area contributed by atoms with E-state index in [1.807, 2.05) is 70.2 Å². The molecule has 7 rings (SSSR count). The normalized spacial score (nSPS) is 12.4. The first-order valence-corrected chi connectivity index (χ1v) is 19.9. The minimum atomic E-state index is -0.929. The average Bonchev–Trinajstić information content (AvgIpc) is 3.90. The summed E-state index contributed by atoms with van der Waals surface area (Å²) in [4.78, 5) is 70.7. The van der Waals surface area contributed by atoms with Gasteiger partial charge in [0.1, 0.15) is 36.6 Å². The summed E-state index contributed by atoms with van der Waals surface area (Å²) in [7, 11) is 2.53. The van der Waals surface area contributed by atoms with Crippen molar-refractivity contribution in [3.8, 4) is 28.1 Å². The molecule has 312 valence electrons. The molecule has 3 heterocycles. The van der Waals surface area contributed by atoms with Gasteiger partial charge in [-0.15, -0.1) is 0 Å². The molecule has 1 aliphatic rings. The Morgan fingerprint density at radius 2 is 1.55 bits per heavy atom. The number of alkyl carbamates (subject to hydrolysis) is 2. The molecule has 0 bridgehead atoms. The molecule has 0 spiro atoms. The Morgan fingerprint density at radius 1 is 0.817 bits per heavy atom. The van der Waals surface area contributed by atoms with Crippen LogP contribution >= 0.6 is 0 Å². The minimum absolute atomic E-state index is 0.160. The van der Waals surface area contributed by atoms with Gasteiger partial charge in [0, 0.05) is 24.0 Å². The van der Waals surface area contributed by atoms with E-state index < -0.39 is 18.2 Å². The van der Waals surface area contributed by atoms with Crippen LogP contribution in [0.3, 0.4) is 0 Å². The fourth-order valence-electron chi connectivity index (χ4n) is 7.52. The number of H-pyrrole nitrogens is 2. The third kappa shape index (κ3) is 9.20. The molecule has 0 saturated heterocycles. The predicted octanol–water partition coefficient (Wildman–Crippen LogP) is 7.09. The maximum absolute atomic E-state index is 14.0. The lowest BCUT2D eigenvalue weighted by atomic mass is 9.92. The monoisotopic (exact) mass is 814 g/mol. The van der Waals surface area contributed by atoms with Gasteiger partial charge in [-0.3, -0.25) is 9.59 Å². The lowest BCUT2D eigenvalue weighted by Gasteiger charge is -2.28. The van der Waals surface area contributed by atoms with Crippen LogP contribution in [0.2, 0.25) is 0 Å². The molecule has 4 aromatic carbocycles. The Hall–Kier alpha value is -6.90. The van der Waals surface area contributed by atoms with Crippen LogP contribution < -0.4 is 15.4 Å². The maximum atomic E-state index is 14.0. The predicted molar refractivity (Wildman–Crippen MR) is 227 cm³/mol. The van der Waals surface area contributed by atoms with Crippen LogP contribution in [0.1, 0.15) is 56.5 Å². The highest BCUT2D eigenvalue weighted by Gasteiger charge is 2.29. The highest BCUT2D eigenvalue weighted by Crippen LogP contribution is 2.42. The number of benzene rings is 4. The quantitative estimate of drug-likeness (QED) is 0.0892. The fourth-order valence-corrected chi connectivity index (χ4v) is 7.52. The summed E-state index contributed by atoms with van der Waals surface area (Å²) >= 11 is 0. The lowest BCUT2D eigenvalue weighted by molar-refractivity contribution is -0.135. The zero-order valence-electron chi connectivity index (χ0n) is 34.6. The van der Waals surface area contributed by atoms with Crippen LogP contribution in [0.4, 0.5) is 9.59 Å². The largest absolute Gasteiger partial charge is 0.488 e. The van der Waals surface area contributed by atoms with Gasteiger partial charge in [0.15, 0.2) is 0 Å². The molecule has 0 radical (unpaired) electrons. The number of nitrogens with zero attached hydrogens (tertiary/aromatic N) is 4. The number of ether oxygens (including phenoxy) is 3. The van der Waals surface area contributed by atoms with Crippen molar-refractivity contribution in [3.63, 3.8) is 0 Å². The van der Waals surface area contributed by atoms with Crippen LogP contribution in [0.15, 0.2) is 79.0 Å². The molecule has 1 aliphatic heterocycles. The van der Waals surface area contributed by atoms with Gasteiger partial charge in [0.2, 0.25) is 11.8 Å². The molecule has 2 aromatic heterocycles. The molecule has 4 amide bonds. The van der Waals surface area contributed by atoms with Crippen molar-refractivity contribution in [2.75, 3.05) is 33.9 Å². The number of amides is 4. The Labute approximate surface area is 347 Å². The second-order valence-electron chi connectivity index (χ2n) is 15.7. The number of rotatable bonds is 14. The van der Waals surface area contributed by atoms with Gasteiger partial charge >= 0.3 is 12.2 Å². The van der Waals surface area contributed by atoms with E-state index >= 15 is 0 Å². The highest BCUT2D eigenvalue weighted by atomic mass is 16.5. The van der Waals surface area contributed by atoms with E-state index in [0.29, 0.717) is 36.9 Å². The molecule has 0 unspecified atom stereocenters. The molecule has 0 fully saturated rings. The number of nitrogens with one attached hydrogen (secondary N) is 4. The molecule has 4 N–H and O–H groups in total. The number of methoxy groups -OCH3 is 2. The molecule has 6 aromatic rings. The van der Waals surface area contributed by atoms with Crippen LogP contribution in [0, 0.1) is 11.8 Å². The number of hydrogen-bond donors (Lipinski definition) is 4. The summed E-state index contributed by atoms with van der Waals surface area (Å²) in [5.41, 5.74) is 7.04. The molecule has 0 aliphatic carbocycles. The van der Waals surface area contributed by atoms with E-state index in [-0.39, 0.29) is 43.3 Å². The zero-order chi connectivity index (χ0) is 42.5. The molecular formula is C45H50N8O7. The van der Waals surface area contributed by atoms with E-state index in [1.165, 1.54) is 14.2 Å². The van der Waals surface area contributed by atoms with Gasteiger partial charge in [-0.2, -0.15) is 0 Å². The first-order valence-electron chi connectivity index (χ1n) is 19.9. The van der Waals surface area contributed by atoms with Crippen LogP contribution in [-0.2, 0) is 38.8 Å². The lowest BCUT2D eigenvalue weighted by Crippen LogP contribution is -2.44. The summed E-state index contributed by atoms with van der Waals surface area (Å²) in [6, 6.07) is 22.6. The van der Waals surface area contributed by atoms with Crippen molar-refractivity contribution >= 4 is 45.8 Å². The van der Waals surface area contributed by atoms with E-state index in [9.17, 15) is 19.2 Å². The molecule has 15 nitrogen and oxygen atoms in total. The standard InChI is InChI=1S/C45H50N8O7/c1-26(2)21-52(40(54)20-47-44(56)58-5)24-39-48-35-15-13-29-17-34-32-14-12-30(16-31(32)25-60-37(34)18-33(29)42(35)50-39)36-19-46-38(49-36)23-53(22-27(3)4)43(55)41(51-45(57)59-6)28-10-8-7-9-11-28/h7-19,26-27,41H,20-25H2,1-6H3,(H,46,49)(H,47,56)(H,48,50)(H,51,57)/t41-/m1/s1. The van der Waals surface area contributed by atoms with E-state index in [1.54, 1.807) is 28.1 Å².